The van der Waals surface area contributed by atoms with Gasteiger partial charge in [-0.3, -0.25) is 0 Å². The van der Waals surface area contributed by atoms with Crippen LogP contribution in [-0.2, 0) is 0 Å². The topological polar surface area (TPSA) is 0 Å². The number of hydrogen-bond acceptors (Lipinski definition) is 0. The molecule has 0 saturated heterocycles. The molecule has 0 amide bonds. The molecule has 0 radical (unpaired) electrons. The molecule has 0 nitrogen and oxygen atoms in total. The summed E-state index contributed by atoms with van der Waals surface area (Å²) >= 11 is 0. The Hall–Kier alpha value is 0.157. The molecule has 7 heavy (non-hydrogen) atoms. The molecule has 0 bridgehead atoms. The number of rotatable bonds is 1. The first-order chi connectivity index (χ1) is 2.91. The molecule has 0 atom stereocenters. The zero-order chi connectivity index (χ0) is 5.41. The number of unbranched alkanes of at least 4 members (excludes halogenated alkanes) is 1. The van der Waals surface area contributed by atoms with Gasteiger partial charge in [-0.25, -0.2) is 0 Å². The average Bonchev–Trinajstić information content (AvgIpc) is 1.72. The van der Waals surface area contributed by atoms with Crippen LogP contribution in [0.2, 0.25) is 0 Å². The van der Waals surface area contributed by atoms with Crippen LogP contribution in [0.15, 0.2) is 0 Å². The van der Waals surface area contributed by atoms with E-state index in [0.29, 0.717) is 0 Å². The SMILES string of the molecule is C#C.[CH2-]CCC.[Li+]. The van der Waals surface area contributed by atoms with Crippen LogP contribution in [0.3, 0.4) is 0 Å². The van der Waals surface area contributed by atoms with Crippen molar-refractivity contribution < 1.29 is 18.9 Å². The van der Waals surface area contributed by atoms with Crippen LogP contribution in [0.5, 0.6) is 0 Å². The van der Waals surface area contributed by atoms with Crippen LogP contribution in [0.25, 0.3) is 0 Å². The van der Waals surface area contributed by atoms with Crippen LogP contribution < -0.4 is 18.9 Å². The minimum absolute atomic E-state index is 0. The van der Waals surface area contributed by atoms with E-state index < -0.39 is 0 Å². The second-order valence-electron chi connectivity index (χ2n) is 0.854. The predicted molar refractivity (Wildman–Crippen MR) is 30.2 cm³/mol. The molecule has 0 aliphatic carbocycles. The Morgan fingerprint density at radius 2 is 1.57 bits per heavy atom. The molecule has 0 aromatic carbocycles. The summed E-state index contributed by atoms with van der Waals surface area (Å²) < 4.78 is 0. The summed E-state index contributed by atoms with van der Waals surface area (Å²) in [6, 6.07) is 0. The van der Waals surface area contributed by atoms with Gasteiger partial charge in [-0.2, -0.15) is 6.42 Å². The first-order valence-corrected chi connectivity index (χ1v) is 2.04. The Kier molecular flexibility index (Phi) is 78.9. The molecule has 0 heterocycles. The largest absolute Gasteiger partial charge is 1.00 e. The Morgan fingerprint density at radius 1 is 1.43 bits per heavy atom. The van der Waals surface area contributed by atoms with Crippen molar-refractivity contribution in [1.82, 2.24) is 0 Å². The number of hydrogen-bond donors (Lipinski definition) is 0. The average molecular weight is 90.1 g/mol. The van der Waals surface area contributed by atoms with Crippen molar-refractivity contribution in [2.45, 2.75) is 19.8 Å². The first-order valence-electron chi connectivity index (χ1n) is 2.04. The maximum Gasteiger partial charge on any atom is 1.00 e. The molecule has 36 valence electrons. The fourth-order valence-electron chi connectivity index (χ4n) is 0. The van der Waals surface area contributed by atoms with Crippen molar-refractivity contribution in [2.75, 3.05) is 0 Å². The molecule has 0 aromatic heterocycles. The van der Waals surface area contributed by atoms with Gasteiger partial charge in [0.2, 0.25) is 0 Å². The van der Waals surface area contributed by atoms with Crippen molar-refractivity contribution in [2.24, 2.45) is 0 Å². The van der Waals surface area contributed by atoms with Gasteiger partial charge in [0.15, 0.2) is 0 Å². The minimum Gasteiger partial charge on any atom is -0.343 e. The first kappa shape index (κ1) is 15.7. The van der Waals surface area contributed by atoms with E-state index >= 15 is 0 Å². The third kappa shape index (κ3) is 79.4. The molecule has 0 spiro atoms. The van der Waals surface area contributed by atoms with Crippen LogP contribution in [-0.4, -0.2) is 0 Å². The van der Waals surface area contributed by atoms with Crippen molar-refractivity contribution in [3.63, 3.8) is 0 Å². The van der Waals surface area contributed by atoms with E-state index in [9.17, 15) is 0 Å². The molecule has 0 unspecified atom stereocenters. The molecule has 0 rings (SSSR count). The fraction of sp³-hybridized carbons (Fsp3) is 0.500. The van der Waals surface area contributed by atoms with Crippen LogP contribution >= 0.6 is 0 Å². The zero-order valence-corrected chi connectivity index (χ0v) is 5.28. The molecule has 1 heteroatoms. The summed E-state index contributed by atoms with van der Waals surface area (Å²) in [5, 5.41) is 0. The minimum atomic E-state index is 0. The standard InChI is InChI=1S/C4H9.C2H2.Li/c1-3-4-2;1-2;/h1,3-4H2,2H3;1-2H;/q-1;;+1. The third-order valence-electron chi connectivity index (χ3n) is 0.354. The fourth-order valence-corrected chi connectivity index (χ4v) is 0. The molecule has 0 aliphatic heterocycles. The van der Waals surface area contributed by atoms with E-state index in [2.05, 4.69) is 26.7 Å². The van der Waals surface area contributed by atoms with E-state index in [-0.39, 0.29) is 18.9 Å². The maximum atomic E-state index is 4.00. The van der Waals surface area contributed by atoms with Crippen molar-refractivity contribution in [3.05, 3.63) is 6.92 Å². The van der Waals surface area contributed by atoms with Gasteiger partial charge in [0, 0.05) is 0 Å². The summed E-state index contributed by atoms with van der Waals surface area (Å²) in [6.45, 7) is 5.72. The maximum absolute atomic E-state index is 4.00. The second kappa shape index (κ2) is 35.2. The van der Waals surface area contributed by atoms with Gasteiger partial charge < -0.3 is 6.92 Å². The molecule has 0 aromatic rings. The smallest absolute Gasteiger partial charge is 0.343 e. The van der Waals surface area contributed by atoms with Crippen LogP contribution in [0, 0.1) is 19.8 Å². The Morgan fingerprint density at radius 3 is 1.57 bits per heavy atom. The van der Waals surface area contributed by atoms with Crippen molar-refractivity contribution in [3.8, 4) is 12.8 Å². The Labute approximate surface area is 58.9 Å². The second-order valence-corrected chi connectivity index (χ2v) is 0.854. The monoisotopic (exact) mass is 90.1 g/mol. The third-order valence-corrected chi connectivity index (χ3v) is 0.354. The summed E-state index contributed by atoms with van der Waals surface area (Å²) in [6.07, 6.45) is 10.3. The van der Waals surface area contributed by atoms with E-state index in [4.69, 9.17) is 0 Å². The van der Waals surface area contributed by atoms with Crippen LogP contribution in [0.4, 0.5) is 0 Å². The Bertz CT molecular complexity index is 20.6. The normalized spacial score (nSPS) is 4.57. The summed E-state index contributed by atoms with van der Waals surface area (Å²) in [7, 11) is 0. The van der Waals surface area contributed by atoms with Crippen molar-refractivity contribution in [1.29, 1.82) is 0 Å². The molecule has 0 N–H and O–H groups in total. The van der Waals surface area contributed by atoms with Gasteiger partial charge in [0.25, 0.3) is 0 Å². The number of terminal acetylenes is 1. The molecule has 0 aliphatic rings. The molecule has 0 fully saturated rings. The predicted octanol–water partition coefficient (Wildman–Crippen LogP) is -1.13. The molecular weight excluding hydrogens is 79.0 g/mol. The van der Waals surface area contributed by atoms with Gasteiger partial charge in [-0.15, -0.1) is 12.8 Å². The van der Waals surface area contributed by atoms with E-state index in [1.807, 2.05) is 0 Å². The quantitative estimate of drug-likeness (QED) is 0.217. The van der Waals surface area contributed by atoms with Gasteiger partial charge in [0.1, 0.15) is 0 Å². The summed E-state index contributed by atoms with van der Waals surface area (Å²) in [4.78, 5) is 0. The van der Waals surface area contributed by atoms with Gasteiger partial charge in [-0.1, -0.05) is 13.3 Å². The zero-order valence-electron chi connectivity index (χ0n) is 5.28. The van der Waals surface area contributed by atoms with Gasteiger partial charge in [-0.05, 0) is 0 Å². The van der Waals surface area contributed by atoms with Gasteiger partial charge in [0.05, 0.1) is 0 Å². The van der Waals surface area contributed by atoms with Crippen LogP contribution in [0.1, 0.15) is 19.8 Å². The van der Waals surface area contributed by atoms with E-state index in [1.165, 1.54) is 6.42 Å². The molecule has 0 saturated carbocycles. The summed E-state index contributed by atoms with van der Waals surface area (Å²) in [5.41, 5.74) is 0. The molecular formula is C6H11Li. The van der Waals surface area contributed by atoms with Crippen molar-refractivity contribution >= 4 is 0 Å². The summed E-state index contributed by atoms with van der Waals surface area (Å²) in [5.74, 6) is 0. The van der Waals surface area contributed by atoms with Gasteiger partial charge >= 0.3 is 18.9 Å². The van der Waals surface area contributed by atoms with E-state index in [1.54, 1.807) is 0 Å². The Balaban J connectivity index is -0.0000000480. The van der Waals surface area contributed by atoms with E-state index in [0.717, 1.165) is 6.42 Å².